The molecular formula is C26H30N4O4S. The first-order valence-corrected chi connectivity index (χ1v) is 13.4. The molecule has 0 unspecified atom stereocenters. The second-order valence-corrected chi connectivity index (χ2v) is 11.0. The molecule has 5 rings (SSSR count). The van der Waals surface area contributed by atoms with Crippen molar-refractivity contribution in [1.29, 1.82) is 0 Å². The maximum atomic E-state index is 13.3. The van der Waals surface area contributed by atoms with Crippen molar-refractivity contribution >= 4 is 16.0 Å². The third-order valence-electron chi connectivity index (χ3n) is 6.68. The normalized spacial score (nSPS) is 17.1. The number of fused-ring (bicyclic) bond motifs is 1. The van der Waals surface area contributed by atoms with Gasteiger partial charge in [-0.25, -0.2) is 13.4 Å². The van der Waals surface area contributed by atoms with E-state index in [1.165, 1.54) is 4.31 Å². The second-order valence-electron chi connectivity index (χ2n) is 9.11. The summed E-state index contributed by atoms with van der Waals surface area (Å²) in [5, 5.41) is 0. The molecule has 1 aromatic heterocycles. The lowest BCUT2D eigenvalue weighted by molar-refractivity contribution is 0.366. The zero-order valence-electron chi connectivity index (χ0n) is 20.1. The summed E-state index contributed by atoms with van der Waals surface area (Å²) in [4.78, 5) is 12.2. The number of piperidine rings is 1. The van der Waals surface area contributed by atoms with E-state index in [1.54, 1.807) is 43.5 Å². The van der Waals surface area contributed by atoms with Gasteiger partial charge in [0.25, 0.3) is 0 Å². The van der Waals surface area contributed by atoms with Crippen molar-refractivity contribution in [2.45, 2.75) is 37.6 Å². The maximum Gasteiger partial charge on any atom is 0.243 e. The van der Waals surface area contributed by atoms with Crippen molar-refractivity contribution in [2.75, 3.05) is 31.6 Å². The minimum atomic E-state index is -3.65. The van der Waals surface area contributed by atoms with Crippen LogP contribution in [0.25, 0.3) is 0 Å². The van der Waals surface area contributed by atoms with Crippen LogP contribution in [0.5, 0.6) is 17.4 Å². The fraction of sp³-hybridized carbons (Fsp3) is 0.385. The number of methoxy groups -OCH3 is 1. The monoisotopic (exact) mass is 494 g/mol. The molecule has 35 heavy (non-hydrogen) atoms. The Morgan fingerprint density at radius 2 is 1.69 bits per heavy atom. The van der Waals surface area contributed by atoms with E-state index >= 15 is 0 Å². The van der Waals surface area contributed by atoms with Crippen molar-refractivity contribution in [3.63, 3.8) is 0 Å². The number of hydrogen-bond donors (Lipinski definition) is 0. The van der Waals surface area contributed by atoms with E-state index in [-0.39, 0.29) is 11.4 Å². The molecule has 1 saturated heterocycles. The molecule has 0 aliphatic carbocycles. The number of hydrogen-bond acceptors (Lipinski definition) is 7. The number of sulfonamides is 1. The van der Waals surface area contributed by atoms with Crippen LogP contribution in [0.3, 0.4) is 0 Å². The van der Waals surface area contributed by atoms with E-state index in [1.807, 2.05) is 18.2 Å². The molecule has 2 aromatic carbocycles. The number of nitrogens with zero attached hydrogens (tertiary/aromatic N) is 4. The van der Waals surface area contributed by atoms with Crippen LogP contribution < -0.4 is 14.4 Å². The number of ether oxygens (including phenoxy) is 2. The van der Waals surface area contributed by atoms with Crippen LogP contribution in [0.1, 0.15) is 31.0 Å². The van der Waals surface area contributed by atoms with Gasteiger partial charge in [-0.05, 0) is 43.0 Å². The molecule has 9 heteroatoms. The third-order valence-corrected chi connectivity index (χ3v) is 8.54. The molecule has 0 bridgehead atoms. The van der Waals surface area contributed by atoms with Gasteiger partial charge in [0.05, 0.1) is 23.3 Å². The first-order valence-electron chi connectivity index (χ1n) is 12.0. The molecule has 3 aromatic rings. The Labute approximate surface area is 206 Å². The van der Waals surface area contributed by atoms with Gasteiger partial charge in [0.2, 0.25) is 21.9 Å². The van der Waals surface area contributed by atoms with Crippen LogP contribution in [-0.2, 0) is 23.0 Å². The zero-order chi connectivity index (χ0) is 24.4. The molecule has 184 valence electrons. The largest absolute Gasteiger partial charge is 0.497 e. The van der Waals surface area contributed by atoms with Crippen LogP contribution >= 0.6 is 0 Å². The van der Waals surface area contributed by atoms with E-state index in [9.17, 15) is 8.42 Å². The topological polar surface area (TPSA) is 84.9 Å². The fourth-order valence-corrected chi connectivity index (χ4v) is 5.93. The van der Waals surface area contributed by atoms with Crippen LogP contribution in [0.2, 0.25) is 0 Å². The third kappa shape index (κ3) is 4.97. The standard InChI is InChI=1S/C26H30N4O4S/c1-19-11-14-29(15-12-19)26-27-24-13-16-30(35(31,32)22-9-4-3-5-10-22)18-23(24)25(28-26)34-21-8-6-7-20(17-21)33-2/h3-10,17,19H,11-16,18H2,1-2H3. The summed E-state index contributed by atoms with van der Waals surface area (Å²) >= 11 is 0. The summed E-state index contributed by atoms with van der Waals surface area (Å²) in [6, 6.07) is 15.8. The predicted octanol–water partition coefficient (Wildman–Crippen LogP) is 4.26. The van der Waals surface area contributed by atoms with E-state index in [2.05, 4.69) is 11.8 Å². The van der Waals surface area contributed by atoms with Crippen molar-refractivity contribution < 1.29 is 17.9 Å². The quantitative estimate of drug-likeness (QED) is 0.506. The van der Waals surface area contributed by atoms with Crippen molar-refractivity contribution in [1.82, 2.24) is 14.3 Å². The van der Waals surface area contributed by atoms with Crippen LogP contribution in [-0.4, -0.2) is 49.4 Å². The average molecular weight is 495 g/mol. The molecule has 0 amide bonds. The van der Waals surface area contributed by atoms with Crippen LogP contribution in [0, 0.1) is 5.92 Å². The lowest BCUT2D eigenvalue weighted by Gasteiger charge is -2.33. The van der Waals surface area contributed by atoms with Gasteiger partial charge in [-0.15, -0.1) is 0 Å². The molecule has 0 spiro atoms. The van der Waals surface area contributed by atoms with Gasteiger partial charge in [-0.2, -0.15) is 9.29 Å². The number of rotatable bonds is 6. The molecule has 3 heterocycles. The maximum absolute atomic E-state index is 13.3. The number of anilines is 1. The number of aromatic nitrogens is 2. The Balaban J connectivity index is 1.51. The Morgan fingerprint density at radius 1 is 0.943 bits per heavy atom. The molecule has 2 aliphatic heterocycles. The highest BCUT2D eigenvalue weighted by molar-refractivity contribution is 7.89. The van der Waals surface area contributed by atoms with E-state index in [4.69, 9.17) is 19.4 Å². The highest BCUT2D eigenvalue weighted by Gasteiger charge is 2.32. The second kappa shape index (κ2) is 9.83. The predicted molar refractivity (Wildman–Crippen MR) is 133 cm³/mol. The van der Waals surface area contributed by atoms with Gasteiger partial charge in [-0.3, -0.25) is 0 Å². The van der Waals surface area contributed by atoms with Crippen LogP contribution in [0.4, 0.5) is 5.95 Å². The lowest BCUT2D eigenvalue weighted by Crippen LogP contribution is -2.38. The van der Waals surface area contributed by atoms with Crippen molar-refractivity contribution in [3.05, 3.63) is 65.9 Å². The Hall–Kier alpha value is -3.17. The van der Waals surface area contributed by atoms with E-state index < -0.39 is 10.0 Å². The summed E-state index contributed by atoms with van der Waals surface area (Å²) in [5.41, 5.74) is 1.54. The smallest absolute Gasteiger partial charge is 0.243 e. The SMILES string of the molecule is COc1cccc(Oc2nc(N3CCC(C)CC3)nc3c2CN(S(=O)(=O)c2ccccc2)CC3)c1. The fourth-order valence-electron chi connectivity index (χ4n) is 4.50. The molecule has 8 nitrogen and oxygen atoms in total. The summed E-state index contributed by atoms with van der Waals surface area (Å²) in [6.07, 6.45) is 2.68. The van der Waals surface area contributed by atoms with Gasteiger partial charge in [0.1, 0.15) is 11.5 Å². The van der Waals surface area contributed by atoms with E-state index in [0.717, 1.165) is 31.6 Å². The van der Waals surface area contributed by atoms with Crippen LogP contribution in [0.15, 0.2) is 59.5 Å². The summed E-state index contributed by atoms with van der Waals surface area (Å²) < 4.78 is 39.7. The Bertz CT molecular complexity index is 1290. The summed E-state index contributed by atoms with van der Waals surface area (Å²) in [6.45, 7) is 4.57. The molecule has 2 aliphatic rings. The first kappa shape index (κ1) is 23.6. The molecule has 0 N–H and O–H groups in total. The minimum Gasteiger partial charge on any atom is -0.497 e. The molecule has 0 atom stereocenters. The lowest BCUT2D eigenvalue weighted by atomic mass is 9.99. The number of benzene rings is 2. The first-order chi connectivity index (χ1) is 16.9. The van der Waals surface area contributed by atoms with Gasteiger partial charge in [-0.1, -0.05) is 31.2 Å². The molecule has 0 radical (unpaired) electrons. The summed E-state index contributed by atoms with van der Waals surface area (Å²) in [7, 11) is -2.05. The minimum absolute atomic E-state index is 0.156. The molecule has 0 saturated carbocycles. The Morgan fingerprint density at radius 3 is 2.43 bits per heavy atom. The highest BCUT2D eigenvalue weighted by atomic mass is 32.2. The Kier molecular flexibility index (Phi) is 6.62. The zero-order valence-corrected chi connectivity index (χ0v) is 20.9. The average Bonchev–Trinajstić information content (AvgIpc) is 2.89. The van der Waals surface area contributed by atoms with Gasteiger partial charge in [0, 0.05) is 38.7 Å². The van der Waals surface area contributed by atoms with Gasteiger partial charge >= 0.3 is 0 Å². The summed E-state index contributed by atoms with van der Waals surface area (Å²) in [5.74, 6) is 2.97. The van der Waals surface area contributed by atoms with Gasteiger partial charge < -0.3 is 14.4 Å². The van der Waals surface area contributed by atoms with Crippen molar-refractivity contribution in [2.24, 2.45) is 5.92 Å². The van der Waals surface area contributed by atoms with Crippen molar-refractivity contribution in [3.8, 4) is 17.4 Å². The molecular weight excluding hydrogens is 464 g/mol. The molecule has 1 fully saturated rings. The van der Waals surface area contributed by atoms with Gasteiger partial charge in [0.15, 0.2) is 0 Å². The van der Waals surface area contributed by atoms with E-state index in [0.29, 0.717) is 47.8 Å². The highest BCUT2D eigenvalue weighted by Crippen LogP contribution is 2.35.